The summed E-state index contributed by atoms with van der Waals surface area (Å²) in [6, 6.07) is 17.7. The maximum Gasteiger partial charge on any atom is 0.339 e. The van der Waals surface area contributed by atoms with Gasteiger partial charge in [0.2, 0.25) is 0 Å². The number of halogens is 2. The first-order chi connectivity index (χ1) is 13.9. The molecule has 0 aliphatic carbocycles. The van der Waals surface area contributed by atoms with Gasteiger partial charge < -0.3 is 8.92 Å². The van der Waals surface area contributed by atoms with Crippen LogP contribution in [0.25, 0.3) is 0 Å². The summed E-state index contributed by atoms with van der Waals surface area (Å²) >= 11 is 12.0. The average Bonchev–Trinajstić information content (AvgIpc) is 2.70. The number of nitrogens with zero attached hydrogens (tertiary/aromatic N) is 1. The zero-order valence-corrected chi connectivity index (χ0v) is 17.7. The summed E-state index contributed by atoms with van der Waals surface area (Å²) in [7, 11) is -4.02. The smallest absolute Gasteiger partial charge is 0.339 e. The van der Waals surface area contributed by atoms with Gasteiger partial charge in [-0.1, -0.05) is 23.2 Å². The average molecular weight is 450 g/mol. The van der Waals surface area contributed by atoms with Crippen LogP contribution in [-0.2, 0) is 10.1 Å². The van der Waals surface area contributed by atoms with Crippen molar-refractivity contribution in [3.63, 3.8) is 0 Å². The van der Waals surface area contributed by atoms with Gasteiger partial charge in [0.05, 0.1) is 17.3 Å². The molecule has 3 rings (SSSR count). The second-order valence-corrected chi connectivity index (χ2v) is 8.26. The third-order valence-corrected chi connectivity index (χ3v) is 5.56. The Bertz CT molecular complexity index is 1110. The van der Waals surface area contributed by atoms with Crippen LogP contribution in [0.3, 0.4) is 0 Å². The van der Waals surface area contributed by atoms with E-state index in [9.17, 15) is 8.42 Å². The summed E-state index contributed by atoms with van der Waals surface area (Å²) in [4.78, 5) is 4.35. The van der Waals surface area contributed by atoms with Crippen molar-refractivity contribution in [2.75, 3.05) is 6.61 Å². The Morgan fingerprint density at radius 3 is 2.28 bits per heavy atom. The minimum Gasteiger partial charge on any atom is -0.494 e. The molecule has 3 aromatic rings. The van der Waals surface area contributed by atoms with Gasteiger partial charge in [-0.2, -0.15) is 8.42 Å². The zero-order chi connectivity index (χ0) is 20.9. The van der Waals surface area contributed by atoms with E-state index in [1.54, 1.807) is 18.3 Å². The molecular formula is C21H17Cl2NO4S. The van der Waals surface area contributed by atoms with Gasteiger partial charge in [-0.25, -0.2) is 0 Å². The monoisotopic (exact) mass is 449 g/mol. The molecule has 0 spiro atoms. The normalized spacial score (nSPS) is 11.6. The Kier molecular flexibility index (Phi) is 6.79. The van der Waals surface area contributed by atoms with Gasteiger partial charge in [0, 0.05) is 11.2 Å². The third kappa shape index (κ3) is 5.73. The standard InChI is InChI=1S/C21H17Cl2NO4S/c1-2-27-18-8-6-17(7-9-18)24-14-15-3-12-21(20(23)13-15)28-29(25,26)19-10-4-16(22)5-11-19/h3-14H,2H2,1H3. The molecule has 0 fully saturated rings. The van der Waals surface area contributed by atoms with E-state index in [0.29, 0.717) is 17.2 Å². The lowest BCUT2D eigenvalue weighted by molar-refractivity contribution is 0.340. The Morgan fingerprint density at radius 1 is 0.966 bits per heavy atom. The largest absolute Gasteiger partial charge is 0.494 e. The SMILES string of the molecule is CCOc1ccc(N=Cc2ccc(OS(=O)(=O)c3ccc(Cl)cc3)c(Cl)c2)cc1. The number of ether oxygens (including phenoxy) is 1. The van der Waals surface area contributed by atoms with E-state index in [1.807, 2.05) is 31.2 Å². The maximum atomic E-state index is 12.4. The molecule has 0 aliphatic rings. The predicted molar refractivity (Wildman–Crippen MR) is 116 cm³/mol. The van der Waals surface area contributed by atoms with Crippen LogP contribution < -0.4 is 8.92 Å². The number of benzene rings is 3. The lowest BCUT2D eigenvalue weighted by atomic mass is 10.2. The first-order valence-corrected chi connectivity index (χ1v) is 10.8. The lowest BCUT2D eigenvalue weighted by Gasteiger charge is -2.09. The minimum atomic E-state index is -4.02. The van der Waals surface area contributed by atoms with Crippen molar-refractivity contribution >= 4 is 45.2 Å². The number of rotatable bonds is 7. The summed E-state index contributed by atoms with van der Waals surface area (Å²) in [6.45, 7) is 2.52. The highest BCUT2D eigenvalue weighted by molar-refractivity contribution is 7.87. The fourth-order valence-corrected chi connectivity index (χ4v) is 3.72. The van der Waals surface area contributed by atoms with E-state index in [1.165, 1.54) is 30.3 Å². The Hall–Kier alpha value is -2.54. The van der Waals surface area contributed by atoms with Crippen LogP contribution in [0.1, 0.15) is 12.5 Å². The number of hydrogen-bond acceptors (Lipinski definition) is 5. The molecule has 0 unspecified atom stereocenters. The fraction of sp³-hybridized carbons (Fsp3) is 0.0952. The van der Waals surface area contributed by atoms with Crippen molar-refractivity contribution < 1.29 is 17.3 Å². The van der Waals surface area contributed by atoms with Crippen LogP contribution >= 0.6 is 23.2 Å². The fourth-order valence-electron chi connectivity index (χ4n) is 2.38. The summed E-state index contributed by atoms with van der Waals surface area (Å²) in [5, 5.41) is 0.580. The van der Waals surface area contributed by atoms with Crippen molar-refractivity contribution in [1.29, 1.82) is 0 Å². The molecule has 8 heteroatoms. The van der Waals surface area contributed by atoms with Crippen molar-refractivity contribution in [2.45, 2.75) is 11.8 Å². The van der Waals surface area contributed by atoms with Crippen molar-refractivity contribution in [1.82, 2.24) is 0 Å². The van der Waals surface area contributed by atoms with Gasteiger partial charge in [0.25, 0.3) is 0 Å². The summed E-state index contributed by atoms with van der Waals surface area (Å²) in [5.41, 5.74) is 1.44. The highest BCUT2D eigenvalue weighted by atomic mass is 35.5. The van der Waals surface area contributed by atoms with Gasteiger partial charge in [-0.15, -0.1) is 0 Å². The van der Waals surface area contributed by atoms with Crippen LogP contribution in [-0.4, -0.2) is 21.2 Å². The first-order valence-electron chi connectivity index (χ1n) is 8.64. The molecule has 150 valence electrons. The van der Waals surface area contributed by atoms with E-state index in [2.05, 4.69) is 4.99 Å². The molecule has 3 aromatic carbocycles. The minimum absolute atomic E-state index is 0.0147. The van der Waals surface area contributed by atoms with Crippen LogP contribution in [0.4, 0.5) is 5.69 Å². The highest BCUT2D eigenvalue weighted by Gasteiger charge is 2.18. The second kappa shape index (κ2) is 9.31. The van der Waals surface area contributed by atoms with Crippen molar-refractivity contribution in [3.8, 4) is 11.5 Å². The van der Waals surface area contributed by atoms with Crippen molar-refractivity contribution in [3.05, 3.63) is 82.3 Å². The maximum absolute atomic E-state index is 12.4. The van der Waals surface area contributed by atoms with Gasteiger partial charge in [0.15, 0.2) is 5.75 Å². The van der Waals surface area contributed by atoms with Crippen molar-refractivity contribution in [2.24, 2.45) is 4.99 Å². The van der Waals surface area contributed by atoms with Crippen LogP contribution in [0.5, 0.6) is 11.5 Å². The second-order valence-electron chi connectivity index (χ2n) is 5.87. The molecular weight excluding hydrogens is 433 g/mol. The first kappa shape index (κ1) is 21.2. The van der Waals surface area contributed by atoms with E-state index in [0.717, 1.165) is 11.4 Å². The Morgan fingerprint density at radius 2 is 1.66 bits per heavy atom. The van der Waals surface area contributed by atoms with Gasteiger partial charge in [-0.05, 0) is 79.2 Å². The quantitative estimate of drug-likeness (QED) is 0.332. The van der Waals surface area contributed by atoms with E-state index >= 15 is 0 Å². The molecule has 0 saturated carbocycles. The van der Waals surface area contributed by atoms with Gasteiger partial charge in [-0.3, -0.25) is 4.99 Å². The van der Waals surface area contributed by atoms with E-state index in [-0.39, 0.29) is 15.7 Å². The summed E-state index contributed by atoms with van der Waals surface area (Å²) in [5.74, 6) is 0.803. The molecule has 0 aromatic heterocycles. The molecule has 0 atom stereocenters. The van der Waals surface area contributed by atoms with Gasteiger partial charge >= 0.3 is 10.1 Å². The molecule has 0 amide bonds. The lowest BCUT2D eigenvalue weighted by Crippen LogP contribution is -2.10. The van der Waals surface area contributed by atoms with Gasteiger partial charge in [0.1, 0.15) is 10.6 Å². The number of aliphatic imine (C=N–C) groups is 1. The molecule has 0 N–H and O–H groups in total. The van der Waals surface area contributed by atoms with Crippen LogP contribution in [0.15, 0.2) is 76.6 Å². The predicted octanol–water partition coefficient (Wildman–Crippen LogP) is 5.91. The zero-order valence-electron chi connectivity index (χ0n) is 15.4. The molecule has 5 nitrogen and oxygen atoms in total. The highest BCUT2D eigenvalue weighted by Crippen LogP contribution is 2.29. The Balaban J connectivity index is 1.73. The van der Waals surface area contributed by atoms with E-state index < -0.39 is 10.1 Å². The number of hydrogen-bond donors (Lipinski definition) is 0. The molecule has 0 saturated heterocycles. The molecule has 0 heterocycles. The summed E-state index contributed by atoms with van der Waals surface area (Å²) in [6.07, 6.45) is 1.62. The molecule has 29 heavy (non-hydrogen) atoms. The molecule has 0 aliphatic heterocycles. The summed E-state index contributed by atoms with van der Waals surface area (Å²) < 4.78 is 35.3. The van der Waals surface area contributed by atoms with E-state index in [4.69, 9.17) is 32.1 Å². The molecule has 0 radical (unpaired) electrons. The van der Waals surface area contributed by atoms with Crippen LogP contribution in [0, 0.1) is 0 Å². The molecule has 0 bridgehead atoms. The topological polar surface area (TPSA) is 65.0 Å². The third-order valence-electron chi connectivity index (χ3n) is 3.77. The Labute approximate surface area is 179 Å². The van der Waals surface area contributed by atoms with Crippen LogP contribution in [0.2, 0.25) is 10.0 Å².